The van der Waals surface area contributed by atoms with E-state index in [1.54, 1.807) is 0 Å². The van der Waals surface area contributed by atoms with Crippen molar-refractivity contribution in [1.82, 2.24) is 0 Å². The monoisotopic (exact) mass is 206 g/mol. The Balaban J connectivity index is 4.03. The summed E-state index contributed by atoms with van der Waals surface area (Å²) >= 11 is 0. The van der Waals surface area contributed by atoms with Gasteiger partial charge >= 0.3 is 0 Å². The van der Waals surface area contributed by atoms with Crippen LogP contribution in [0.2, 0.25) is 0 Å². The molecule has 0 nitrogen and oxygen atoms in total. The topological polar surface area (TPSA) is 0 Å². The average molecular weight is 206 g/mol. The summed E-state index contributed by atoms with van der Waals surface area (Å²) in [5.74, 6) is 0. The quantitative estimate of drug-likeness (QED) is 0.518. The maximum Gasteiger partial charge on any atom is -0.0315 e. The Bertz CT molecular complexity index is 251. The Hall–Kier alpha value is -0.780. The lowest BCUT2D eigenvalue weighted by atomic mass is 9.84. The van der Waals surface area contributed by atoms with Gasteiger partial charge in [0.15, 0.2) is 0 Å². The molecule has 0 N–H and O–H groups in total. The van der Waals surface area contributed by atoms with Crippen LogP contribution in [0.15, 0.2) is 36.0 Å². The summed E-state index contributed by atoms with van der Waals surface area (Å²) < 4.78 is 0. The van der Waals surface area contributed by atoms with Gasteiger partial charge in [-0.1, -0.05) is 63.1 Å². The van der Waals surface area contributed by atoms with Crippen LogP contribution in [0, 0.1) is 5.41 Å². The maximum absolute atomic E-state index is 3.83. The molecule has 0 rings (SSSR count). The molecule has 0 aromatic heterocycles. The summed E-state index contributed by atoms with van der Waals surface area (Å²) in [6.07, 6.45) is 10.1. The van der Waals surface area contributed by atoms with Gasteiger partial charge in [0.25, 0.3) is 0 Å². The lowest BCUT2D eigenvalue weighted by Gasteiger charge is -2.22. The van der Waals surface area contributed by atoms with Crippen LogP contribution in [0.1, 0.15) is 53.9 Å². The molecule has 0 aromatic carbocycles. The van der Waals surface area contributed by atoms with E-state index in [1.807, 2.05) is 6.92 Å². The van der Waals surface area contributed by atoms with Gasteiger partial charge in [0.2, 0.25) is 0 Å². The number of rotatable bonds is 6. The number of allylic oxidation sites excluding steroid dienone is 5. The van der Waals surface area contributed by atoms with E-state index in [0.717, 1.165) is 5.57 Å². The fraction of sp³-hybridized carbons (Fsp3) is 0.600. The van der Waals surface area contributed by atoms with E-state index in [0.29, 0.717) is 5.41 Å². The predicted octanol–water partition coefficient (Wildman–Crippen LogP) is 5.28. The molecule has 0 fully saturated rings. The first-order chi connectivity index (χ1) is 6.87. The van der Waals surface area contributed by atoms with Crippen LogP contribution in [-0.2, 0) is 0 Å². The van der Waals surface area contributed by atoms with Crippen molar-refractivity contribution >= 4 is 0 Å². The molecular weight excluding hydrogens is 180 g/mol. The van der Waals surface area contributed by atoms with Crippen molar-refractivity contribution in [2.45, 2.75) is 53.9 Å². The van der Waals surface area contributed by atoms with Crippen LogP contribution in [0.25, 0.3) is 0 Å². The molecule has 0 aliphatic carbocycles. The van der Waals surface area contributed by atoms with Gasteiger partial charge < -0.3 is 0 Å². The normalized spacial score (nSPS) is 13.5. The maximum atomic E-state index is 3.83. The molecule has 0 aliphatic rings. The molecule has 86 valence electrons. The molecule has 0 heteroatoms. The van der Waals surface area contributed by atoms with Gasteiger partial charge in [-0.3, -0.25) is 0 Å². The zero-order valence-corrected chi connectivity index (χ0v) is 11.1. The average Bonchev–Trinajstić information content (AvgIpc) is 2.14. The van der Waals surface area contributed by atoms with Gasteiger partial charge in [-0.2, -0.15) is 0 Å². The molecule has 0 unspecified atom stereocenters. The lowest BCUT2D eigenvalue weighted by molar-refractivity contribution is 0.322. The first-order valence-corrected chi connectivity index (χ1v) is 5.87. The second-order valence-electron chi connectivity index (χ2n) is 5.24. The molecule has 0 spiro atoms. The van der Waals surface area contributed by atoms with Crippen LogP contribution in [0.5, 0.6) is 0 Å². The molecular formula is C15H26. The first kappa shape index (κ1) is 14.2. The van der Waals surface area contributed by atoms with Crippen molar-refractivity contribution in [1.29, 1.82) is 0 Å². The minimum atomic E-state index is 0.479. The molecule has 0 amide bonds. The van der Waals surface area contributed by atoms with Crippen molar-refractivity contribution in [3.63, 3.8) is 0 Å². The molecule has 0 bridgehead atoms. The lowest BCUT2D eigenvalue weighted by Crippen LogP contribution is -2.08. The minimum Gasteiger partial charge on any atom is -0.0961 e. The Morgan fingerprint density at radius 1 is 1.27 bits per heavy atom. The highest BCUT2D eigenvalue weighted by molar-refractivity contribution is 5.19. The Labute approximate surface area is 95.8 Å². The van der Waals surface area contributed by atoms with Gasteiger partial charge in [-0.25, -0.2) is 0 Å². The highest BCUT2D eigenvalue weighted by Gasteiger charge is 2.13. The smallest absolute Gasteiger partial charge is 0.0315 e. The molecule has 0 atom stereocenters. The fourth-order valence-electron chi connectivity index (χ4n) is 1.17. The highest BCUT2D eigenvalue weighted by atomic mass is 14.2. The van der Waals surface area contributed by atoms with E-state index in [9.17, 15) is 0 Å². The first-order valence-electron chi connectivity index (χ1n) is 5.87. The van der Waals surface area contributed by atoms with E-state index in [4.69, 9.17) is 0 Å². The van der Waals surface area contributed by atoms with Gasteiger partial charge in [-0.15, -0.1) is 0 Å². The summed E-state index contributed by atoms with van der Waals surface area (Å²) in [4.78, 5) is 0. The molecule has 0 aromatic rings. The standard InChI is InChI=1S/C15H26/c1-7-15(5,6)12-11-14(4)10-8-9-13(2)3/h8-10H,2,7,11-12H2,1,3-6H3. The highest BCUT2D eigenvalue weighted by Crippen LogP contribution is 2.27. The van der Waals surface area contributed by atoms with E-state index in [-0.39, 0.29) is 0 Å². The number of hydrogen-bond acceptors (Lipinski definition) is 0. The Kier molecular flexibility index (Phi) is 6.31. The molecule has 0 aliphatic heterocycles. The molecule has 0 saturated carbocycles. The van der Waals surface area contributed by atoms with Crippen LogP contribution in [-0.4, -0.2) is 0 Å². The third-order valence-corrected chi connectivity index (χ3v) is 2.91. The van der Waals surface area contributed by atoms with Crippen LogP contribution < -0.4 is 0 Å². The van der Waals surface area contributed by atoms with Crippen molar-refractivity contribution in [2.75, 3.05) is 0 Å². The summed E-state index contributed by atoms with van der Waals surface area (Å²) in [5, 5.41) is 0. The zero-order valence-electron chi connectivity index (χ0n) is 11.1. The summed E-state index contributed by atoms with van der Waals surface area (Å²) in [6, 6.07) is 0. The van der Waals surface area contributed by atoms with Gasteiger partial charge in [0, 0.05) is 0 Å². The van der Waals surface area contributed by atoms with Crippen molar-refractivity contribution in [3.8, 4) is 0 Å². The van der Waals surface area contributed by atoms with Crippen LogP contribution in [0.3, 0.4) is 0 Å². The third-order valence-electron chi connectivity index (χ3n) is 2.91. The van der Waals surface area contributed by atoms with E-state index < -0.39 is 0 Å². The van der Waals surface area contributed by atoms with Gasteiger partial charge in [-0.05, 0) is 32.1 Å². The van der Waals surface area contributed by atoms with Crippen molar-refractivity contribution < 1.29 is 0 Å². The second-order valence-corrected chi connectivity index (χ2v) is 5.24. The fourth-order valence-corrected chi connectivity index (χ4v) is 1.17. The Morgan fingerprint density at radius 2 is 1.87 bits per heavy atom. The molecule has 0 heterocycles. The predicted molar refractivity (Wildman–Crippen MR) is 71.0 cm³/mol. The van der Waals surface area contributed by atoms with E-state index >= 15 is 0 Å². The van der Waals surface area contributed by atoms with Crippen LogP contribution >= 0.6 is 0 Å². The summed E-state index contributed by atoms with van der Waals surface area (Å²) in [6.45, 7) is 15.0. The zero-order chi connectivity index (χ0) is 11.9. The van der Waals surface area contributed by atoms with Gasteiger partial charge in [0.1, 0.15) is 0 Å². The second kappa shape index (κ2) is 6.66. The molecule has 15 heavy (non-hydrogen) atoms. The summed E-state index contributed by atoms with van der Waals surface area (Å²) in [5.41, 5.74) is 3.04. The van der Waals surface area contributed by atoms with E-state index in [1.165, 1.54) is 24.8 Å². The van der Waals surface area contributed by atoms with E-state index in [2.05, 4.69) is 52.5 Å². The molecule has 0 radical (unpaired) electrons. The van der Waals surface area contributed by atoms with Crippen LogP contribution in [0.4, 0.5) is 0 Å². The SMILES string of the molecule is C=C(C)C=CC=C(C)CCC(C)(C)CC. The summed E-state index contributed by atoms with van der Waals surface area (Å²) in [7, 11) is 0. The largest absolute Gasteiger partial charge is 0.0961 e. The van der Waals surface area contributed by atoms with Crippen molar-refractivity contribution in [2.24, 2.45) is 5.41 Å². The third kappa shape index (κ3) is 8.23. The Morgan fingerprint density at radius 3 is 2.33 bits per heavy atom. The van der Waals surface area contributed by atoms with Gasteiger partial charge in [0.05, 0.1) is 0 Å². The molecule has 0 saturated heterocycles. The minimum absolute atomic E-state index is 0.479. The number of hydrogen-bond donors (Lipinski definition) is 0. The van der Waals surface area contributed by atoms with Crippen molar-refractivity contribution in [3.05, 3.63) is 36.0 Å².